The Balaban J connectivity index is 1.45. The number of nitrogens with one attached hydrogen (secondary N) is 1. The summed E-state index contributed by atoms with van der Waals surface area (Å²) < 4.78 is 5.30. The molecule has 0 fully saturated rings. The number of methoxy groups -OCH3 is 1. The van der Waals surface area contributed by atoms with Crippen molar-refractivity contribution in [3.8, 4) is 17.1 Å². The molecule has 1 aromatic heterocycles. The molecular formula is C26H20N2O2. The lowest BCUT2D eigenvalue weighted by Gasteiger charge is -2.04. The van der Waals surface area contributed by atoms with Gasteiger partial charge in [-0.3, -0.25) is 4.79 Å². The second kappa shape index (κ2) is 7.48. The predicted octanol–water partition coefficient (Wildman–Crippen LogP) is 5.82. The summed E-state index contributed by atoms with van der Waals surface area (Å²) >= 11 is 0. The van der Waals surface area contributed by atoms with Crippen LogP contribution in [0.5, 0.6) is 5.75 Å². The smallest absolute Gasteiger partial charge is 0.167 e. The van der Waals surface area contributed by atoms with E-state index in [1.54, 1.807) is 7.11 Å². The number of carbonyl (C=O) groups is 1. The van der Waals surface area contributed by atoms with Crippen LogP contribution in [0.15, 0.2) is 84.9 Å². The molecule has 4 heteroatoms. The van der Waals surface area contributed by atoms with Gasteiger partial charge in [0.25, 0.3) is 0 Å². The maximum atomic E-state index is 12.5. The number of carbonyl (C=O) groups excluding carboxylic acids is 1. The first-order chi connectivity index (χ1) is 14.7. The maximum absolute atomic E-state index is 12.5. The highest BCUT2D eigenvalue weighted by Gasteiger charge is 2.10. The molecule has 0 aliphatic heterocycles. The van der Waals surface area contributed by atoms with Crippen molar-refractivity contribution in [2.75, 3.05) is 7.11 Å². The van der Waals surface area contributed by atoms with Gasteiger partial charge in [0, 0.05) is 17.5 Å². The number of ether oxygens (including phenoxy) is 1. The van der Waals surface area contributed by atoms with E-state index in [4.69, 9.17) is 9.72 Å². The molecule has 0 spiro atoms. The van der Waals surface area contributed by atoms with Crippen molar-refractivity contribution in [3.63, 3.8) is 0 Å². The van der Waals surface area contributed by atoms with Gasteiger partial charge in [0.05, 0.1) is 18.1 Å². The van der Waals surface area contributed by atoms with Crippen LogP contribution in [0.25, 0.3) is 33.2 Å². The van der Waals surface area contributed by atoms with Gasteiger partial charge in [-0.2, -0.15) is 0 Å². The number of aromatic nitrogens is 2. The lowest BCUT2D eigenvalue weighted by Crippen LogP contribution is -2.02. The molecule has 5 aromatic rings. The van der Waals surface area contributed by atoms with Gasteiger partial charge < -0.3 is 9.72 Å². The first kappa shape index (κ1) is 18.1. The molecule has 0 atom stereocenters. The van der Waals surface area contributed by atoms with E-state index in [1.807, 2.05) is 66.7 Å². The van der Waals surface area contributed by atoms with Crippen molar-refractivity contribution >= 4 is 27.6 Å². The van der Waals surface area contributed by atoms with E-state index in [0.29, 0.717) is 6.42 Å². The Bertz CT molecular complexity index is 1370. The maximum Gasteiger partial charge on any atom is 0.167 e. The highest BCUT2D eigenvalue weighted by atomic mass is 16.5. The summed E-state index contributed by atoms with van der Waals surface area (Å²) in [4.78, 5) is 20.7. The number of fused-ring (bicyclic) bond motifs is 2. The zero-order valence-corrected chi connectivity index (χ0v) is 16.6. The number of hydrogen-bond donors (Lipinski definition) is 1. The average Bonchev–Trinajstić information content (AvgIpc) is 3.22. The monoisotopic (exact) mass is 392 g/mol. The van der Waals surface area contributed by atoms with Crippen LogP contribution in [-0.4, -0.2) is 22.9 Å². The Morgan fingerprint density at radius 2 is 1.70 bits per heavy atom. The molecule has 30 heavy (non-hydrogen) atoms. The van der Waals surface area contributed by atoms with Gasteiger partial charge in [-0.15, -0.1) is 0 Å². The molecule has 0 saturated heterocycles. The minimum Gasteiger partial charge on any atom is -0.497 e. The zero-order valence-electron chi connectivity index (χ0n) is 16.6. The van der Waals surface area contributed by atoms with Gasteiger partial charge in [-0.05, 0) is 46.7 Å². The van der Waals surface area contributed by atoms with E-state index in [0.717, 1.165) is 50.1 Å². The van der Waals surface area contributed by atoms with Crippen molar-refractivity contribution in [3.05, 3.63) is 96.1 Å². The van der Waals surface area contributed by atoms with Gasteiger partial charge in [-0.25, -0.2) is 4.98 Å². The number of rotatable bonds is 5. The second-order valence-electron chi connectivity index (χ2n) is 7.33. The van der Waals surface area contributed by atoms with Crippen LogP contribution < -0.4 is 4.74 Å². The first-order valence-corrected chi connectivity index (χ1v) is 9.85. The number of aromatic amines is 1. The largest absolute Gasteiger partial charge is 0.497 e. The zero-order chi connectivity index (χ0) is 20.5. The molecule has 0 radical (unpaired) electrons. The summed E-state index contributed by atoms with van der Waals surface area (Å²) in [6, 6.07) is 27.6. The lowest BCUT2D eigenvalue weighted by molar-refractivity contribution is 0.0993. The standard InChI is InChI=1S/C26H20N2O2/c1-30-22-11-10-19-15-21(9-8-20(19)16-22)26-27-23-12-7-17(13-24(23)28-26)14-25(29)18-5-3-2-4-6-18/h2-13,15-16H,14H2,1H3,(H,27,28). The van der Waals surface area contributed by atoms with Crippen molar-refractivity contribution in [2.24, 2.45) is 0 Å². The fraction of sp³-hybridized carbons (Fsp3) is 0.0769. The predicted molar refractivity (Wildman–Crippen MR) is 120 cm³/mol. The Morgan fingerprint density at radius 1 is 0.900 bits per heavy atom. The van der Waals surface area contributed by atoms with Gasteiger partial charge >= 0.3 is 0 Å². The second-order valence-corrected chi connectivity index (χ2v) is 7.33. The van der Waals surface area contributed by atoms with Gasteiger partial charge in [0.15, 0.2) is 5.78 Å². The van der Waals surface area contributed by atoms with Crippen LogP contribution in [-0.2, 0) is 6.42 Å². The summed E-state index contributed by atoms with van der Waals surface area (Å²) in [7, 11) is 1.67. The molecule has 0 unspecified atom stereocenters. The Morgan fingerprint density at radius 3 is 2.53 bits per heavy atom. The van der Waals surface area contributed by atoms with Crippen LogP contribution >= 0.6 is 0 Å². The summed E-state index contributed by atoms with van der Waals surface area (Å²) in [5, 5.41) is 2.25. The minimum atomic E-state index is 0.111. The number of ketones is 1. The van der Waals surface area contributed by atoms with E-state index >= 15 is 0 Å². The average molecular weight is 392 g/mol. The van der Waals surface area contributed by atoms with E-state index in [1.165, 1.54) is 0 Å². The van der Waals surface area contributed by atoms with Crippen LogP contribution in [0, 0.1) is 0 Å². The van der Waals surface area contributed by atoms with Crippen LogP contribution in [0.3, 0.4) is 0 Å². The van der Waals surface area contributed by atoms with Gasteiger partial charge in [0.1, 0.15) is 11.6 Å². The lowest BCUT2D eigenvalue weighted by atomic mass is 10.0. The molecule has 146 valence electrons. The van der Waals surface area contributed by atoms with Gasteiger partial charge in [0.2, 0.25) is 0 Å². The molecule has 0 amide bonds. The molecule has 4 aromatic carbocycles. The fourth-order valence-corrected chi connectivity index (χ4v) is 3.71. The van der Waals surface area contributed by atoms with Crippen molar-refractivity contribution in [1.82, 2.24) is 9.97 Å². The number of imidazole rings is 1. The number of nitrogens with zero attached hydrogens (tertiary/aromatic N) is 1. The SMILES string of the molecule is COc1ccc2cc(-c3nc4ccc(CC(=O)c5ccccc5)cc4[nH]3)ccc2c1. The highest BCUT2D eigenvalue weighted by molar-refractivity contribution is 5.98. The molecular weight excluding hydrogens is 372 g/mol. The summed E-state index contributed by atoms with van der Waals surface area (Å²) in [6.07, 6.45) is 0.367. The third kappa shape index (κ3) is 3.44. The number of hydrogen-bond acceptors (Lipinski definition) is 3. The molecule has 0 aliphatic rings. The Hall–Kier alpha value is -3.92. The fourth-order valence-electron chi connectivity index (χ4n) is 3.71. The van der Waals surface area contributed by atoms with E-state index in [2.05, 4.69) is 23.2 Å². The van der Waals surface area contributed by atoms with Crippen LogP contribution in [0.1, 0.15) is 15.9 Å². The summed E-state index contributed by atoms with van der Waals surface area (Å²) in [5.41, 5.74) is 4.53. The van der Waals surface area contributed by atoms with E-state index in [-0.39, 0.29) is 5.78 Å². The van der Waals surface area contributed by atoms with Crippen molar-refractivity contribution in [2.45, 2.75) is 6.42 Å². The topological polar surface area (TPSA) is 55.0 Å². The number of benzene rings is 4. The van der Waals surface area contributed by atoms with Crippen LogP contribution in [0.4, 0.5) is 0 Å². The third-order valence-corrected chi connectivity index (χ3v) is 5.33. The van der Waals surface area contributed by atoms with E-state index in [9.17, 15) is 4.79 Å². The Labute approximate surface area is 174 Å². The molecule has 1 N–H and O–H groups in total. The highest BCUT2D eigenvalue weighted by Crippen LogP contribution is 2.27. The van der Waals surface area contributed by atoms with Crippen molar-refractivity contribution < 1.29 is 9.53 Å². The summed E-state index contributed by atoms with van der Waals surface area (Å²) in [5.74, 6) is 1.77. The first-order valence-electron chi connectivity index (χ1n) is 9.85. The molecule has 0 saturated carbocycles. The normalized spacial score (nSPS) is 11.1. The van der Waals surface area contributed by atoms with E-state index < -0.39 is 0 Å². The summed E-state index contributed by atoms with van der Waals surface area (Å²) in [6.45, 7) is 0. The van der Waals surface area contributed by atoms with Crippen molar-refractivity contribution in [1.29, 1.82) is 0 Å². The molecule has 0 aliphatic carbocycles. The van der Waals surface area contributed by atoms with Gasteiger partial charge in [-0.1, -0.05) is 54.6 Å². The number of Topliss-reactive ketones (excluding diaryl/α,β-unsaturated/α-hetero) is 1. The molecule has 5 rings (SSSR count). The third-order valence-electron chi connectivity index (χ3n) is 5.33. The number of H-pyrrole nitrogens is 1. The quantitative estimate of drug-likeness (QED) is 0.384. The molecule has 1 heterocycles. The molecule has 4 nitrogen and oxygen atoms in total. The molecule has 0 bridgehead atoms. The van der Waals surface area contributed by atoms with Crippen LogP contribution in [0.2, 0.25) is 0 Å². The minimum absolute atomic E-state index is 0.111. The Kier molecular flexibility index (Phi) is 4.52.